The lowest BCUT2D eigenvalue weighted by atomic mass is 9.95. The summed E-state index contributed by atoms with van der Waals surface area (Å²) >= 11 is 0. The molecule has 0 bridgehead atoms. The van der Waals surface area contributed by atoms with Crippen molar-refractivity contribution in [1.29, 1.82) is 0 Å². The zero-order valence-electron chi connectivity index (χ0n) is 19.1. The maximum absolute atomic E-state index is 13.5. The highest BCUT2D eigenvalue weighted by Gasteiger charge is 2.19. The van der Waals surface area contributed by atoms with Crippen LogP contribution in [-0.2, 0) is 11.2 Å². The molecule has 4 aromatic carbocycles. The zero-order chi connectivity index (χ0) is 24.0. The summed E-state index contributed by atoms with van der Waals surface area (Å²) in [6.45, 7) is 0. The number of para-hydroxylation sites is 1. The molecule has 170 valence electrons. The molecule has 4 heteroatoms. The molecule has 1 N–H and O–H groups in total. The maximum Gasteiger partial charge on any atom is 0.252 e. The Bertz CT molecular complexity index is 1480. The molecule has 1 unspecified atom stereocenters. The van der Waals surface area contributed by atoms with Crippen LogP contribution in [-0.4, -0.2) is 23.2 Å². The van der Waals surface area contributed by atoms with Crippen LogP contribution in [0.4, 0.5) is 0 Å². The van der Waals surface area contributed by atoms with E-state index in [9.17, 15) is 9.59 Å². The van der Waals surface area contributed by atoms with E-state index < -0.39 is 6.04 Å². The molecule has 0 saturated carbocycles. The number of pyridine rings is 1. The van der Waals surface area contributed by atoms with Gasteiger partial charge in [0.2, 0.25) is 0 Å². The Morgan fingerprint density at radius 3 is 2.14 bits per heavy atom. The highest BCUT2D eigenvalue weighted by molar-refractivity contribution is 6.08. The van der Waals surface area contributed by atoms with Crippen LogP contribution in [0, 0.1) is 0 Å². The number of rotatable bonds is 7. The minimum atomic E-state index is -0.628. The first kappa shape index (κ1) is 22.2. The molecule has 0 aliphatic heterocycles. The number of nitrogens with zero attached hydrogens (tertiary/aromatic N) is 1. The third-order valence-corrected chi connectivity index (χ3v) is 6.03. The molecule has 0 spiro atoms. The van der Waals surface area contributed by atoms with E-state index in [1.54, 1.807) is 0 Å². The monoisotopic (exact) mass is 456 g/mol. The fourth-order valence-corrected chi connectivity index (χ4v) is 4.32. The van der Waals surface area contributed by atoms with Gasteiger partial charge in [-0.3, -0.25) is 4.79 Å². The predicted molar refractivity (Wildman–Crippen MR) is 140 cm³/mol. The second-order valence-corrected chi connectivity index (χ2v) is 8.39. The lowest BCUT2D eigenvalue weighted by molar-refractivity contribution is -0.109. The predicted octanol–water partition coefficient (Wildman–Crippen LogP) is 6.11. The molecule has 0 saturated heterocycles. The van der Waals surface area contributed by atoms with Crippen molar-refractivity contribution in [3.63, 3.8) is 0 Å². The molecular weight excluding hydrogens is 432 g/mol. The summed E-state index contributed by atoms with van der Waals surface area (Å²) in [5.41, 5.74) is 5.97. The fourth-order valence-electron chi connectivity index (χ4n) is 4.32. The minimum absolute atomic E-state index is 0.296. The van der Waals surface area contributed by atoms with Crippen LogP contribution in [0.5, 0.6) is 0 Å². The van der Waals surface area contributed by atoms with Crippen LogP contribution in [0.1, 0.15) is 15.9 Å². The van der Waals surface area contributed by atoms with E-state index in [2.05, 4.69) is 23.5 Å². The molecule has 5 rings (SSSR count). The number of benzene rings is 4. The van der Waals surface area contributed by atoms with Gasteiger partial charge in [0.15, 0.2) is 0 Å². The minimum Gasteiger partial charge on any atom is -0.342 e. The third kappa shape index (κ3) is 4.87. The molecule has 0 fully saturated rings. The van der Waals surface area contributed by atoms with Gasteiger partial charge in [-0.15, -0.1) is 0 Å². The van der Waals surface area contributed by atoms with Crippen LogP contribution in [0.15, 0.2) is 115 Å². The van der Waals surface area contributed by atoms with Crippen LogP contribution in [0.25, 0.3) is 33.3 Å². The Hall–Kier alpha value is -4.57. The number of aldehydes is 1. The number of carbonyl (C=O) groups is 2. The van der Waals surface area contributed by atoms with Crippen molar-refractivity contribution in [2.45, 2.75) is 12.5 Å². The van der Waals surface area contributed by atoms with Crippen molar-refractivity contribution in [2.24, 2.45) is 0 Å². The normalized spacial score (nSPS) is 11.7. The summed E-state index contributed by atoms with van der Waals surface area (Å²) in [6.07, 6.45) is 1.22. The number of hydrogen-bond donors (Lipinski definition) is 1. The van der Waals surface area contributed by atoms with Crippen LogP contribution >= 0.6 is 0 Å². The lowest BCUT2D eigenvalue weighted by Crippen LogP contribution is -2.37. The number of fused-ring (bicyclic) bond motifs is 1. The number of hydrogen-bond acceptors (Lipinski definition) is 3. The van der Waals surface area contributed by atoms with Gasteiger partial charge in [-0.25, -0.2) is 4.98 Å². The number of amides is 1. The maximum atomic E-state index is 13.5. The van der Waals surface area contributed by atoms with Crippen molar-refractivity contribution in [3.8, 4) is 22.4 Å². The summed E-state index contributed by atoms with van der Waals surface area (Å²) in [5.74, 6) is -0.296. The first-order chi connectivity index (χ1) is 17.2. The van der Waals surface area contributed by atoms with E-state index in [-0.39, 0.29) is 5.91 Å². The topological polar surface area (TPSA) is 59.1 Å². The molecule has 35 heavy (non-hydrogen) atoms. The Balaban J connectivity index is 1.55. The second kappa shape index (κ2) is 10.1. The molecule has 0 radical (unpaired) electrons. The quantitative estimate of drug-likeness (QED) is 0.301. The summed E-state index contributed by atoms with van der Waals surface area (Å²) in [6, 6.07) is 36.6. The molecular formula is C31H24N2O2. The summed E-state index contributed by atoms with van der Waals surface area (Å²) in [4.78, 5) is 30.2. The van der Waals surface area contributed by atoms with Gasteiger partial charge in [-0.2, -0.15) is 0 Å². The van der Waals surface area contributed by atoms with E-state index in [0.29, 0.717) is 17.7 Å². The Morgan fingerprint density at radius 2 is 1.40 bits per heavy atom. The first-order valence-corrected chi connectivity index (χ1v) is 11.6. The van der Waals surface area contributed by atoms with Gasteiger partial charge in [-0.1, -0.05) is 103 Å². The number of nitrogens with one attached hydrogen (secondary N) is 1. The summed E-state index contributed by atoms with van der Waals surface area (Å²) in [5, 5.41) is 3.66. The first-order valence-electron chi connectivity index (χ1n) is 11.6. The molecule has 0 aliphatic rings. The third-order valence-electron chi connectivity index (χ3n) is 6.03. The van der Waals surface area contributed by atoms with Gasteiger partial charge in [0.05, 0.1) is 22.8 Å². The van der Waals surface area contributed by atoms with Gasteiger partial charge in [0.25, 0.3) is 5.91 Å². The highest BCUT2D eigenvalue weighted by Crippen LogP contribution is 2.33. The van der Waals surface area contributed by atoms with E-state index in [4.69, 9.17) is 4.98 Å². The summed E-state index contributed by atoms with van der Waals surface area (Å²) < 4.78 is 0. The molecule has 1 atom stereocenters. The fraction of sp³-hybridized carbons (Fsp3) is 0.0645. The molecule has 5 aromatic rings. The van der Waals surface area contributed by atoms with Gasteiger partial charge in [-0.05, 0) is 35.2 Å². The summed E-state index contributed by atoms with van der Waals surface area (Å²) in [7, 11) is 0. The van der Waals surface area contributed by atoms with Gasteiger partial charge in [0.1, 0.15) is 6.29 Å². The number of aromatic nitrogens is 1. The second-order valence-electron chi connectivity index (χ2n) is 8.39. The van der Waals surface area contributed by atoms with Crippen LogP contribution in [0.3, 0.4) is 0 Å². The molecule has 0 aliphatic carbocycles. The van der Waals surface area contributed by atoms with Crippen LogP contribution < -0.4 is 5.32 Å². The van der Waals surface area contributed by atoms with E-state index in [1.165, 1.54) is 0 Å². The van der Waals surface area contributed by atoms with Gasteiger partial charge in [0, 0.05) is 10.9 Å². The molecule has 1 aromatic heterocycles. The average Bonchev–Trinajstić information content (AvgIpc) is 2.93. The molecule has 1 heterocycles. The van der Waals surface area contributed by atoms with Crippen molar-refractivity contribution in [2.75, 3.05) is 0 Å². The van der Waals surface area contributed by atoms with E-state index >= 15 is 0 Å². The average molecular weight is 457 g/mol. The largest absolute Gasteiger partial charge is 0.342 e. The van der Waals surface area contributed by atoms with Crippen molar-refractivity contribution in [1.82, 2.24) is 10.3 Å². The Morgan fingerprint density at radius 1 is 0.771 bits per heavy atom. The number of carbonyl (C=O) groups excluding carboxylic acids is 2. The van der Waals surface area contributed by atoms with Crippen molar-refractivity contribution < 1.29 is 9.59 Å². The molecule has 4 nitrogen and oxygen atoms in total. The highest BCUT2D eigenvalue weighted by atomic mass is 16.2. The Kier molecular flexibility index (Phi) is 6.44. The van der Waals surface area contributed by atoms with Crippen molar-refractivity contribution in [3.05, 3.63) is 126 Å². The lowest BCUT2D eigenvalue weighted by Gasteiger charge is -2.16. The van der Waals surface area contributed by atoms with Crippen LogP contribution in [0.2, 0.25) is 0 Å². The Labute approximate surface area is 204 Å². The zero-order valence-corrected chi connectivity index (χ0v) is 19.1. The van der Waals surface area contributed by atoms with Gasteiger partial charge >= 0.3 is 0 Å². The van der Waals surface area contributed by atoms with E-state index in [1.807, 2.05) is 97.1 Å². The van der Waals surface area contributed by atoms with Gasteiger partial charge < -0.3 is 10.1 Å². The van der Waals surface area contributed by atoms with Crippen molar-refractivity contribution >= 4 is 23.1 Å². The van der Waals surface area contributed by atoms with E-state index in [0.717, 1.165) is 39.4 Å². The standard InChI is InChI=1S/C31H24N2O2/c34-21-24(19-22-11-3-1-4-12-22)32-31(35)28-20-30(33-29-18-10-9-17-27(28)29)26-16-8-7-15-25(26)23-13-5-2-6-14-23/h1-18,20-21,24H,19H2,(H,32,35). The smallest absolute Gasteiger partial charge is 0.252 e. The SMILES string of the molecule is O=CC(Cc1ccccc1)NC(=O)c1cc(-c2ccccc2-c2ccccc2)nc2ccccc12. The molecule has 1 amide bonds.